The van der Waals surface area contributed by atoms with Gasteiger partial charge in [0.1, 0.15) is 22.4 Å². The molecule has 0 aromatic carbocycles. The van der Waals surface area contributed by atoms with Gasteiger partial charge >= 0.3 is 0 Å². The van der Waals surface area contributed by atoms with Gasteiger partial charge in [0, 0.05) is 26.1 Å². The number of hydrogen-bond acceptors (Lipinski definition) is 5. The molecule has 1 aromatic rings. The average Bonchev–Trinajstić information content (AvgIpc) is 2.44. The fourth-order valence-electron chi connectivity index (χ4n) is 2.10. The van der Waals surface area contributed by atoms with Crippen molar-refractivity contribution in [2.45, 2.75) is 25.7 Å². The van der Waals surface area contributed by atoms with Gasteiger partial charge in [-0.1, -0.05) is 0 Å². The third-order valence-electron chi connectivity index (χ3n) is 3.16. The molecule has 7 heteroatoms. The molecule has 19 heavy (non-hydrogen) atoms. The molecule has 0 aliphatic carbocycles. The topological polar surface area (TPSA) is 84.1 Å². The van der Waals surface area contributed by atoms with Gasteiger partial charge in [-0.3, -0.25) is 4.79 Å². The van der Waals surface area contributed by atoms with Crippen LogP contribution in [0.1, 0.15) is 25.7 Å². The van der Waals surface area contributed by atoms with Crippen LogP contribution in [0, 0.1) is 0 Å². The highest BCUT2D eigenvalue weighted by atomic mass is 79.9. The highest BCUT2D eigenvalue weighted by molar-refractivity contribution is 9.10. The maximum absolute atomic E-state index is 12.0. The van der Waals surface area contributed by atoms with Crippen molar-refractivity contribution in [3.63, 3.8) is 0 Å². The van der Waals surface area contributed by atoms with Gasteiger partial charge in [0.15, 0.2) is 0 Å². The molecule has 0 radical (unpaired) electrons. The van der Waals surface area contributed by atoms with E-state index >= 15 is 0 Å². The number of piperidine rings is 1. The highest BCUT2D eigenvalue weighted by Gasteiger charge is 2.16. The van der Waals surface area contributed by atoms with E-state index in [2.05, 4.69) is 31.2 Å². The smallest absolute Gasteiger partial charge is 0.224 e. The quantitative estimate of drug-likeness (QED) is 0.878. The number of likely N-dealkylation sites (tertiary alicyclic amines) is 1. The molecule has 0 bridgehead atoms. The lowest BCUT2D eigenvalue weighted by Gasteiger charge is -2.26. The fourth-order valence-corrected chi connectivity index (χ4v) is 2.44. The molecular weight excluding hydrogens is 310 g/mol. The molecule has 3 N–H and O–H groups in total. The predicted molar refractivity (Wildman–Crippen MR) is 77.7 cm³/mol. The Balaban J connectivity index is 1.79. The van der Waals surface area contributed by atoms with Crippen LogP contribution in [0.5, 0.6) is 0 Å². The Morgan fingerprint density at radius 2 is 2.11 bits per heavy atom. The summed E-state index contributed by atoms with van der Waals surface area (Å²) in [5, 5.41) is 3.10. The summed E-state index contributed by atoms with van der Waals surface area (Å²) in [7, 11) is 0. The summed E-state index contributed by atoms with van der Waals surface area (Å²) < 4.78 is 0.639. The van der Waals surface area contributed by atoms with Crippen LogP contribution < -0.4 is 11.1 Å². The first-order valence-electron chi connectivity index (χ1n) is 6.46. The molecule has 0 spiro atoms. The second kappa shape index (κ2) is 6.70. The van der Waals surface area contributed by atoms with Crippen molar-refractivity contribution in [3.8, 4) is 0 Å². The Kier molecular flexibility index (Phi) is 4.95. The van der Waals surface area contributed by atoms with Crippen molar-refractivity contribution in [3.05, 3.63) is 10.8 Å². The Morgan fingerprint density at radius 3 is 2.84 bits per heavy atom. The number of amides is 1. The zero-order chi connectivity index (χ0) is 13.7. The number of carbonyl (C=O) groups excluding carboxylic acids is 1. The molecule has 1 saturated heterocycles. The Hall–Kier alpha value is -1.37. The third-order valence-corrected chi connectivity index (χ3v) is 3.94. The van der Waals surface area contributed by atoms with E-state index in [9.17, 15) is 4.79 Å². The SMILES string of the molecule is Nc1ncnc(NCCC(=O)N2CCCCC2)c1Br. The number of halogens is 1. The van der Waals surface area contributed by atoms with Crippen LogP contribution in [0.3, 0.4) is 0 Å². The molecule has 2 rings (SSSR count). The van der Waals surface area contributed by atoms with Gasteiger partial charge in [0.2, 0.25) is 5.91 Å². The zero-order valence-electron chi connectivity index (χ0n) is 10.7. The second-order valence-corrected chi connectivity index (χ2v) is 5.33. The molecule has 1 aromatic heterocycles. The molecule has 2 heterocycles. The fraction of sp³-hybridized carbons (Fsp3) is 0.583. The molecule has 104 valence electrons. The third kappa shape index (κ3) is 3.79. The summed E-state index contributed by atoms with van der Waals surface area (Å²) in [5.74, 6) is 1.21. The van der Waals surface area contributed by atoms with Crippen molar-refractivity contribution < 1.29 is 4.79 Å². The van der Waals surface area contributed by atoms with E-state index in [1.165, 1.54) is 12.7 Å². The summed E-state index contributed by atoms with van der Waals surface area (Å²) in [6, 6.07) is 0. The lowest BCUT2D eigenvalue weighted by Crippen LogP contribution is -2.36. The molecule has 0 saturated carbocycles. The van der Waals surface area contributed by atoms with Crippen LogP contribution in [0.4, 0.5) is 11.6 Å². The van der Waals surface area contributed by atoms with Crippen molar-refractivity contribution in [1.29, 1.82) is 0 Å². The minimum absolute atomic E-state index is 0.199. The standard InChI is InChI=1S/C12H18BrN5O/c13-10-11(14)16-8-17-12(10)15-5-4-9(19)18-6-2-1-3-7-18/h8H,1-7H2,(H3,14,15,16,17). The molecule has 1 fully saturated rings. The summed E-state index contributed by atoms with van der Waals surface area (Å²) in [5.41, 5.74) is 5.66. The molecular formula is C12H18BrN5O. The minimum Gasteiger partial charge on any atom is -0.383 e. The van der Waals surface area contributed by atoms with E-state index in [1.54, 1.807) is 0 Å². The number of hydrogen-bond donors (Lipinski definition) is 2. The van der Waals surface area contributed by atoms with Crippen LogP contribution in [0.15, 0.2) is 10.8 Å². The molecule has 0 atom stereocenters. The number of nitrogen functional groups attached to an aromatic ring is 1. The number of nitrogens with one attached hydrogen (secondary N) is 1. The van der Waals surface area contributed by atoms with Gasteiger partial charge in [-0.15, -0.1) is 0 Å². The van der Waals surface area contributed by atoms with Crippen molar-refractivity contribution in [1.82, 2.24) is 14.9 Å². The number of rotatable bonds is 4. The first kappa shape index (κ1) is 14.0. The van der Waals surface area contributed by atoms with Crippen LogP contribution in [-0.4, -0.2) is 40.4 Å². The Bertz CT molecular complexity index is 448. The summed E-state index contributed by atoms with van der Waals surface area (Å²) in [6.45, 7) is 2.33. The second-order valence-electron chi connectivity index (χ2n) is 4.54. The highest BCUT2D eigenvalue weighted by Crippen LogP contribution is 2.23. The maximum Gasteiger partial charge on any atom is 0.224 e. The van der Waals surface area contributed by atoms with Crippen LogP contribution >= 0.6 is 15.9 Å². The van der Waals surface area contributed by atoms with Crippen molar-refractivity contribution in [2.75, 3.05) is 30.7 Å². The molecule has 0 unspecified atom stereocenters. The largest absolute Gasteiger partial charge is 0.383 e. The lowest BCUT2D eigenvalue weighted by molar-refractivity contribution is -0.131. The Morgan fingerprint density at radius 1 is 1.37 bits per heavy atom. The molecule has 1 aliphatic rings. The summed E-state index contributed by atoms with van der Waals surface area (Å²) >= 11 is 3.32. The van der Waals surface area contributed by atoms with E-state index in [-0.39, 0.29) is 5.91 Å². The lowest BCUT2D eigenvalue weighted by atomic mass is 10.1. The van der Waals surface area contributed by atoms with Gasteiger partial charge in [-0.25, -0.2) is 9.97 Å². The minimum atomic E-state index is 0.199. The zero-order valence-corrected chi connectivity index (χ0v) is 12.3. The van der Waals surface area contributed by atoms with E-state index in [4.69, 9.17) is 5.73 Å². The van der Waals surface area contributed by atoms with E-state index < -0.39 is 0 Å². The summed E-state index contributed by atoms with van der Waals surface area (Å²) in [6.07, 6.45) is 5.33. The number of aromatic nitrogens is 2. The maximum atomic E-state index is 12.0. The number of nitrogens with two attached hydrogens (primary N) is 1. The molecule has 1 amide bonds. The van der Waals surface area contributed by atoms with E-state index in [0.29, 0.717) is 29.1 Å². The van der Waals surface area contributed by atoms with Crippen molar-refractivity contribution in [2.24, 2.45) is 0 Å². The Labute approximate surface area is 120 Å². The van der Waals surface area contributed by atoms with Crippen LogP contribution in [0.25, 0.3) is 0 Å². The van der Waals surface area contributed by atoms with Gasteiger partial charge in [-0.05, 0) is 35.2 Å². The first-order chi connectivity index (χ1) is 9.18. The van der Waals surface area contributed by atoms with Gasteiger partial charge in [0.25, 0.3) is 0 Å². The molecule has 1 aliphatic heterocycles. The van der Waals surface area contributed by atoms with Gasteiger partial charge in [0.05, 0.1) is 0 Å². The van der Waals surface area contributed by atoms with Gasteiger partial charge in [-0.2, -0.15) is 0 Å². The first-order valence-corrected chi connectivity index (χ1v) is 7.25. The van der Waals surface area contributed by atoms with Crippen LogP contribution in [-0.2, 0) is 4.79 Å². The number of anilines is 2. The monoisotopic (exact) mass is 327 g/mol. The van der Waals surface area contributed by atoms with Crippen molar-refractivity contribution >= 4 is 33.5 Å². The number of carbonyl (C=O) groups is 1. The normalized spacial score (nSPS) is 15.3. The van der Waals surface area contributed by atoms with E-state index in [1.807, 2.05) is 4.90 Å². The van der Waals surface area contributed by atoms with E-state index in [0.717, 1.165) is 25.9 Å². The average molecular weight is 328 g/mol. The predicted octanol–water partition coefficient (Wildman–Crippen LogP) is 1.64. The number of nitrogens with zero attached hydrogens (tertiary/aromatic N) is 3. The van der Waals surface area contributed by atoms with Gasteiger partial charge < -0.3 is 16.0 Å². The van der Waals surface area contributed by atoms with Crippen LogP contribution in [0.2, 0.25) is 0 Å². The summed E-state index contributed by atoms with van der Waals surface area (Å²) in [4.78, 5) is 21.8. The molecule has 6 nitrogen and oxygen atoms in total.